The van der Waals surface area contributed by atoms with Crippen LogP contribution >= 0.6 is 0 Å². The van der Waals surface area contributed by atoms with Gasteiger partial charge in [-0.2, -0.15) is 0 Å². The molecule has 86 valence electrons. The molecule has 0 amide bonds. The van der Waals surface area contributed by atoms with Gasteiger partial charge < -0.3 is 35.1 Å². The van der Waals surface area contributed by atoms with E-state index in [2.05, 4.69) is 0 Å². The molecular formula is C7H14CaO7. The van der Waals surface area contributed by atoms with Crippen LogP contribution in [0.5, 0.6) is 0 Å². The average Bonchev–Trinajstić information content (AvgIpc) is 2.01. The Kier molecular flexibility index (Phi) is 31.9. The van der Waals surface area contributed by atoms with Crippen LogP contribution in [0.4, 0.5) is 0 Å². The Morgan fingerprint density at radius 2 is 1.20 bits per heavy atom. The first kappa shape index (κ1) is 24.4. The molecule has 0 heterocycles. The maximum atomic E-state index is 8.89. The van der Waals surface area contributed by atoms with Crippen LogP contribution in [0.2, 0.25) is 0 Å². The monoisotopic (exact) mass is 250 g/mol. The number of carboxylic acid groups (broad SMARTS) is 2. The average molecular weight is 250 g/mol. The maximum absolute atomic E-state index is 8.89. The van der Waals surface area contributed by atoms with Crippen LogP contribution in [0, 0.1) is 0 Å². The molecule has 15 heavy (non-hydrogen) atoms. The number of rotatable bonds is 2. The number of carbonyl (C=O) groups excluding carboxylic acids is 2. The van der Waals surface area contributed by atoms with E-state index in [4.69, 9.17) is 35.1 Å². The number of hydrogen-bond donors (Lipinski definition) is 3. The van der Waals surface area contributed by atoms with Gasteiger partial charge in [-0.3, -0.25) is 0 Å². The van der Waals surface area contributed by atoms with Gasteiger partial charge in [0.25, 0.3) is 0 Å². The molecule has 0 aromatic carbocycles. The van der Waals surface area contributed by atoms with Gasteiger partial charge in [-0.05, 0) is 13.8 Å². The predicted molar refractivity (Wildman–Crippen MR) is 47.3 cm³/mol. The van der Waals surface area contributed by atoms with Gasteiger partial charge in [-0.1, -0.05) is 0 Å². The summed E-state index contributed by atoms with van der Waals surface area (Å²) in [5.41, 5.74) is 0. The molecule has 7 nitrogen and oxygen atoms in total. The van der Waals surface area contributed by atoms with Crippen molar-refractivity contribution in [1.82, 2.24) is 0 Å². The first-order valence-corrected chi connectivity index (χ1v) is 3.52. The van der Waals surface area contributed by atoms with Gasteiger partial charge in [0.05, 0.1) is 13.2 Å². The minimum atomic E-state index is -1.08. The minimum absolute atomic E-state index is 0. The van der Waals surface area contributed by atoms with Crippen molar-refractivity contribution in [2.24, 2.45) is 0 Å². The maximum Gasteiger partial charge on any atom is 2.00 e. The van der Waals surface area contributed by atoms with E-state index < -0.39 is 18.0 Å². The number of aliphatic hydroxyl groups is 3. The number of hydrogen-bond acceptors (Lipinski definition) is 7. The Balaban J connectivity index is -0.0000000606. The van der Waals surface area contributed by atoms with E-state index in [-0.39, 0.29) is 51.0 Å². The zero-order valence-electron chi connectivity index (χ0n) is 8.67. The molecule has 8 heteroatoms. The second-order valence-corrected chi connectivity index (χ2v) is 2.00. The molecule has 0 aliphatic carbocycles. The van der Waals surface area contributed by atoms with Crippen LogP contribution in [-0.2, 0) is 9.59 Å². The van der Waals surface area contributed by atoms with Crippen molar-refractivity contribution in [1.29, 1.82) is 0 Å². The van der Waals surface area contributed by atoms with Crippen molar-refractivity contribution in [3.05, 3.63) is 0 Å². The predicted octanol–water partition coefficient (Wildman–Crippen LogP) is -4.54. The molecule has 0 aromatic heterocycles. The minimum Gasteiger partial charge on any atom is -0.550 e. The van der Waals surface area contributed by atoms with Crippen LogP contribution < -0.4 is 10.2 Å². The smallest absolute Gasteiger partial charge is 0.550 e. The number of aliphatic carboxylic acids is 2. The Morgan fingerprint density at radius 3 is 1.20 bits per heavy atom. The molecule has 0 saturated heterocycles. The molecule has 0 spiro atoms. The molecule has 0 aromatic rings. The van der Waals surface area contributed by atoms with Gasteiger partial charge in [-0.25, -0.2) is 0 Å². The summed E-state index contributed by atoms with van der Waals surface area (Å²) >= 11 is 0. The zero-order valence-corrected chi connectivity index (χ0v) is 10.9. The SMILES string of the molecule is CC(=O)[O-].CC(=O)[O-].OCC(O)CO.[Ca+2]. The fourth-order valence-electron chi connectivity index (χ4n) is 0.0577. The Hall–Kier alpha value is 0.0797. The van der Waals surface area contributed by atoms with Gasteiger partial charge in [0.2, 0.25) is 0 Å². The topological polar surface area (TPSA) is 141 Å². The number of carboxylic acids is 2. The Labute approximate surface area is 117 Å². The van der Waals surface area contributed by atoms with Gasteiger partial charge in [0.1, 0.15) is 6.10 Å². The molecule has 0 radical (unpaired) electrons. The quantitative estimate of drug-likeness (QED) is 0.419. The molecular weight excluding hydrogens is 236 g/mol. The number of aliphatic hydroxyl groups excluding tert-OH is 3. The molecule has 0 fully saturated rings. The summed E-state index contributed by atoms with van der Waals surface area (Å²) < 4.78 is 0. The van der Waals surface area contributed by atoms with Gasteiger partial charge in [-0.15, -0.1) is 0 Å². The fourth-order valence-corrected chi connectivity index (χ4v) is 0.0577. The van der Waals surface area contributed by atoms with Gasteiger partial charge in [0, 0.05) is 11.9 Å². The summed E-state index contributed by atoms with van der Waals surface area (Å²) in [5.74, 6) is -2.17. The molecule has 0 bridgehead atoms. The third kappa shape index (κ3) is 123. The molecule has 0 unspecified atom stereocenters. The molecule has 0 aliphatic heterocycles. The van der Waals surface area contributed by atoms with Crippen molar-refractivity contribution >= 4 is 49.7 Å². The zero-order chi connectivity index (χ0) is 12.1. The van der Waals surface area contributed by atoms with E-state index >= 15 is 0 Å². The first-order chi connectivity index (χ1) is 6.27. The normalized spacial score (nSPS) is 7.33. The Morgan fingerprint density at radius 1 is 1.07 bits per heavy atom. The second kappa shape index (κ2) is 19.6. The van der Waals surface area contributed by atoms with Crippen molar-refractivity contribution in [2.75, 3.05) is 13.2 Å². The summed E-state index contributed by atoms with van der Waals surface area (Å²) in [4.78, 5) is 17.8. The third-order valence-electron chi connectivity index (χ3n) is 0.421. The standard InChI is InChI=1S/C3H8O3.2C2H4O2.Ca/c4-1-3(6)2-5;2*1-2(3)4;/h3-6H,1-2H2;2*1H3,(H,3,4);/q;;;+2/p-2. The second-order valence-electron chi connectivity index (χ2n) is 2.00. The molecule has 0 rings (SSSR count). The summed E-state index contributed by atoms with van der Waals surface area (Å²) in [6, 6.07) is 0. The van der Waals surface area contributed by atoms with Crippen LogP contribution in [0.3, 0.4) is 0 Å². The van der Waals surface area contributed by atoms with E-state index in [0.717, 1.165) is 13.8 Å². The summed E-state index contributed by atoms with van der Waals surface area (Å²) in [7, 11) is 0. The van der Waals surface area contributed by atoms with E-state index in [1.54, 1.807) is 0 Å². The van der Waals surface area contributed by atoms with Crippen LogP contribution in [0.1, 0.15) is 13.8 Å². The van der Waals surface area contributed by atoms with Crippen molar-refractivity contribution in [3.63, 3.8) is 0 Å². The molecule has 0 atom stereocenters. The fraction of sp³-hybridized carbons (Fsp3) is 0.714. The summed E-state index contributed by atoms with van der Waals surface area (Å²) in [6.45, 7) is 1.22. The third-order valence-corrected chi connectivity index (χ3v) is 0.421. The van der Waals surface area contributed by atoms with Crippen LogP contribution in [-0.4, -0.2) is 84.3 Å². The molecule has 0 aliphatic rings. The van der Waals surface area contributed by atoms with E-state index in [9.17, 15) is 0 Å². The van der Waals surface area contributed by atoms with E-state index in [1.165, 1.54) is 0 Å². The van der Waals surface area contributed by atoms with Crippen molar-refractivity contribution in [2.45, 2.75) is 20.0 Å². The number of carbonyl (C=O) groups is 2. The van der Waals surface area contributed by atoms with Crippen LogP contribution in [0.15, 0.2) is 0 Å². The Bertz CT molecular complexity index is 126. The summed E-state index contributed by atoms with van der Waals surface area (Å²) in [6.07, 6.45) is -0.954. The summed E-state index contributed by atoms with van der Waals surface area (Å²) in [5, 5.41) is 41.8. The van der Waals surface area contributed by atoms with Gasteiger partial charge >= 0.3 is 37.7 Å². The van der Waals surface area contributed by atoms with E-state index in [0.29, 0.717) is 0 Å². The van der Waals surface area contributed by atoms with E-state index in [1.807, 2.05) is 0 Å². The first-order valence-electron chi connectivity index (χ1n) is 3.52. The van der Waals surface area contributed by atoms with Crippen LogP contribution in [0.25, 0.3) is 0 Å². The molecule has 3 N–H and O–H groups in total. The van der Waals surface area contributed by atoms with Crippen molar-refractivity contribution in [3.8, 4) is 0 Å². The molecule has 0 saturated carbocycles. The van der Waals surface area contributed by atoms with Gasteiger partial charge in [0.15, 0.2) is 0 Å². The van der Waals surface area contributed by atoms with Crippen molar-refractivity contribution < 1.29 is 35.1 Å². The largest absolute Gasteiger partial charge is 2.00 e.